The lowest BCUT2D eigenvalue weighted by Crippen LogP contribution is -2.01. The third-order valence-electron chi connectivity index (χ3n) is 2.57. The average molecular weight is 302 g/mol. The normalized spacial score (nSPS) is 9.71. The van der Waals surface area contributed by atoms with Crippen LogP contribution in [0.25, 0.3) is 10.2 Å². The van der Waals surface area contributed by atoms with Gasteiger partial charge in [0, 0.05) is 6.07 Å². The van der Waals surface area contributed by atoms with Gasteiger partial charge in [-0.15, -0.1) is 11.3 Å². The molecule has 0 unspecified atom stereocenters. The van der Waals surface area contributed by atoms with Crippen molar-refractivity contribution in [3.05, 3.63) is 69.7 Å². The van der Waals surface area contributed by atoms with Gasteiger partial charge in [-0.3, -0.25) is 10.1 Å². The van der Waals surface area contributed by atoms with Crippen molar-refractivity contribution in [1.82, 2.24) is 4.98 Å². The number of fused-ring (bicyclic) bond motifs is 1. The first-order valence-corrected chi connectivity index (χ1v) is 6.72. The van der Waals surface area contributed by atoms with Gasteiger partial charge in [-0.2, -0.15) is 0 Å². The zero-order chi connectivity index (χ0) is 15.2. The van der Waals surface area contributed by atoms with Crippen LogP contribution in [0.15, 0.2) is 54.0 Å². The second kappa shape index (κ2) is 6.58. The summed E-state index contributed by atoms with van der Waals surface area (Å²) in [5.41, 5.74) is 2.29. The van der Waals surface area contributed by atoms with E-state index in [4.69, 9.17) is 5.11 Å². The van der Waals surface area contributed by atoms with Crippen molar-refractivity contribution in [3.63, 3.8) is 0 Å². The number of aromatic carboxylic acids is 1. The quantitative estimate of drug-likeness (QED) is 0.576. The van der Waals surface area contributed by atoms with E-state index in [1.165, 1.54) is 22.9 Å². The number of hydrogen-bond acceptors (Lipinski definition) is 5. The molecule has 3 rings (SSSR count). The predicted molar refractivity (Wildman–Crippen MR) is 79.7 cm³/mol. The fraction of sp³-hybridized carbons (Fsp3) is 0. The van der Waals surface area contributed by atoms with Gasteiger partial charge in [-0.1, -0.05) is 24.3 Å². The molecule has 0 aliphatic rings. The van der Waals surface area contributed by atoms with E-state index < -0.39 is 10.9 Å². The second-order valence-corrected chi connectivity index (χ2v) is 4.79. The Bertz CT molecular complexity index is 722. The van der Waals surface area contributed by atoms with Gasteiger partial charge in [-0.25, -0.2) is 9.78 Å². The molecular formula is C14H10N2O4S. The first-order chi connectivity index (χ1) is 10.1. The van der Waals surface area contributed by atoms with Gasteiger partial charge in [0.1, 0.15) is 5.56 Å². The van der Waals surface area contributed by atoms with E-state index >= 15 is 0 Å². The largest absolute Gasteiger partial charge is 0.477 e. The summed E-state index contributed by atoms with van der Waals surface area (Å²) < 4.78 is 1.26. The predicted octanol–water partition coefficient (Wildman–Crippen LogP) is 3.59. The van der Waals surface area contributed by atoms with Gasteiger partial charge in [0.2, 0.25) is 0 Å². The highest BCUT2D eigenvalue weighted by atomic mass is 32.1. The molecule has 1 aromatic heterocycles. The molecule has 0 saturated carbocycles. The molecule has 2 aromatic carbocycles. The molecule has 0 saturated heterocycles. The molecule has 0 aliphatic heterocycles. The molecule has 0 amide bonds. The maximum Gasteiger partial charge on any atom is 0.342 e. The Hall–Kier alpha value is -2.80. The number of nitro groups is 1. The number of carbonyl (C=O) groups is 1. The zero-order valence-corrected chi connectivity index (χ0v) is 11.5. The first kappa shape index (κ1) is 14.6. The van der Waals surface area contributed by atoms with Gasteiger partial charge in [0.15, 0.2) is 0 Å². The summed E-state index contributed by atoms with van der Waals surface area (Å²) in [5, 5.41) is 18.8. The van der Waals surface area contributed by atoms with Crippen LogP contribution in [0.4, 0.5) is 5.69 Å². The number of thiazole rings is 1. The standard InChI is InChI=1S/C7H5NO4.C7H5NS/c9-7(10)5-3-1-2-4-6(5)8(11)12;1-2-4-7-6(3-1)8-5-9-7/h1-4H,(H,9,10);1-5H. The third-order valence-corrected chi connectivity index (χ3v) is 3.38. The Balaban J connectivity index is 0.000000159. The number of aromatic nitrogens is 1. The molecule has 0 aliphatic carbocycles. The van der Waals surface area contributed by atoms with Crippen LogP contribution in [0.5, 0.6) is 0 Å². The smallest absolute Gasteiger partial charge is 0.342 e. The highest BCUT2D eigenvalue weighted by molar-refractivity contribution is 7.16. The summed E-state index contributed by atoms with van der Waals surface area (Å²) in [6.45, 7) is 0. The van der Waals surface area contributed by atoms with Gasteiger partial charge in [0.25, 0.3) is 5.69 Å². The number of hydrogen-bond donors (Lipinski definition) is 1. The van der Waals surface area contributed by atoms with E-state index in [-0.39, 0.29) is 11.3 Å². The molecule has 0 radical (unpaired) electrons. The Morgan fingerprint density at radius 2 is 1.81 bits per heavy atom. The van der Waals surface area contributed by atoms with E-state index in [9.17, 15) is 14.9 Å². The van der Waals surface area contributed by atoms with E-state index in [0.717, 1.165) is 11.6 Å². The van der Waals surface area contributed by atoms with Gasteiger partial charge >= 0.3 is 5.97 Å². The molecule has 1 N–H and O–H groups in total. The van der Waals surface area contributed by atoms with Crippen molar-refractivity contribution in [3.8, 4) is 0 Å². The minimum absolute atomic E-state index is 0.289. The molecular weight excluding hydrogens is 292 g/mol. The van der Waals surface area contributed by atoms with Crippen molar-refractivity contribution in [1.29, 1.82) is 0 Å². The molecule has 1 heterocycles. The average Bonchev–Trinajstić information content (AvgIpc) is 2.96. The fourth-order valence-corrected chi connectivity index (χ4v) is 2.30. The summed E-state index contributed by atoms with van der Waals surface area (Å²) in [6.07, 6.45) is 0. The number of rotatable bonds is 2. The summed E-state index contributed by atoms with van der Waals surface area (Å²) in [4.78, 5) is 24.1. The lowest BCUT2D eigenvalue weighted by molar-refractivity contribution is -0.385. The van der Waals surface area contributed by atoms with Crippen molar-refractivity contribution in [2.75, 3.05) is 0 Å². The van der Waals surface area contributed by atoms with Gasteiger partial charge in [-0.05, 0) is 18.2 Å². The minimum Gasteiger partial charge on any atom is -0.477 e. The number of carboxylic acid groups (broad SMARTS) is 1. The Morgan fingerprint density at radius 1 is 1.14 bits per heavy atom. The van der Waals surface area contributed by atoms with Gasteiger partial charge in [0.05, 0.1) is 20.7 Å². The minimum atomic E-state index is -1.29. The lowest BCUT2D eigenvalue weighted by Gasteiger charge is -1.94. The number of carboxylic acids is 1. The molecule has 6 nitrogen and oxygen atoms in total. The van der Waals surface area contributed by atoms with E-state index in [0.29, 0.717) is 0 Å². The maximum absolute atomic E-state index is 10.4. The van der Waals surface area contributed by atoms with Crippen molar-refractivity contribution >= 4 is 33.2 Å². The third kappa shape index (κ3) is 3.61. The molecule has 3 aromatic rings. The molecule has 0 fully saturated rings. The van der Waals surface area contributed by atoms with Crippen LogP contribution < -0.4 is 0 Å². The molecule has 0 bridgehead atoms. The summed E-state index contributed by atoms with van der Waals surface area (Å²) in [6, 6.07) is 13.3. The summed E-state index contributed by atoms with van der Waals surface area (Å²) in [7, 11) is 0. The highest BCUT2D eigenvalue weighted by Crippen LogP contribution is 2.17. The Kier molecular flexibility index (Phi) is 4.57. The molecule has 7 heteroatoms. The van der Waals surface area contributed by atoms with Crippen LogP contribution in [-0.4, -0.2) is 21.0 Å². The highest BCUT2D eigenvalue weighted by Gasteiger charge is 2.17. The molecule has 106 valence electrons. The molecule has 21 heavy (non-hydrogen) atoms. The maximum atomic E-state index is 10.4. The van der Waals surface area contributed by atoms with E-state index in [2.05, 4.69) is 11.1 Å². The summed E-state index contributed by atoms with van der Waals surface area (Å²) >= 11 is 1.68. The van der Waals surface area contributed by atoms with Crippen LogP contribution in [0, 0.1) is 10.1 Å². The number of benzene rings is 2. The topological polar surface area (TPSA) is 93.3 Å². The number of nitro benzene ring substituents is 1. The van der Waals surface area contributed by atoms with Crippen LogP contribution in [-0.2, 0) is 0 Å². The number of nitrogens with zero attached hydrogens (tertiary/aromatic N) is 2. The van der Waals surface area contributed by atoms with E-state index in [1.54, 1.807) is 11.3 Å². The number of para-hydroxylation sites is 2. The van der Waals surface area contributed by atoms with Gasteiger partial charge < -0.3 is 5.11 Å². The summed E-state index contributed by atoms with van der Waals surface area (Å²) in [5.74, 6) is -1.29. The van der Waals surface area contributed by atoms with Crippen LogP contribution >= 0.6 is 11.3 Å². The SMILES string of the molecule is O=C(O)c1ccccc1[N+](=O)[O-].c1ccc2scnc2c1. The van der Waals surface area contributed by atoms with Crippen LogP contribution in [0.3, 0.4) is 0 Å². The zero-order valence-electron chi connectivity index (χ0n) is 10.7. The fourth-order valence-electron chi connectivity index (χ4n) is 1.62. The van der Waals surface area contributed by atoms with Crippen LogP contribution in [0.1, 0.15) is 10.4 Å². The van der Waals surface area contributed by atoms with Crippen LogP contribution in [0.2, 0.25) is 0 Å². The second-order valence-electron chi connectivity index (χ2n) is 3.90. The monoisotopic (exact) mass is 302 g/mol. The first-order valence-electron chi connectivity index (χ1n) is 5.84. The molecule has 0 spiro atoms. The van der Waals surface area contributed by atoms with Crippen molar-refractivity contribution in [2.24, 2.45) is 0 Å². The lowest BCUT2D eigenvalue weighted by atomic mass is 10.2. The Labute approximate surface area is 123 Å². The van der Waals surface area contributed by atoms with Crippen molar-refractivity contribution in [2.45, 2.75) is 0 Å². The Morgan fingerprint density at radius 3 is 2.43 bits per heavy atom. The van der Waals surface area contributed by atoms with E-state index in [1.807, 2.05) is 23.7 Å². The molecule has 0 atom stereocenters. The van der Waals surface area contributed by atoms with Crippen molar-refractivity contribution < 1.29 is 14.8 Å².